The number of carbonyl (C=O) groups is 1. The molecule has 5 nitrogen and oxygen atoms in total. The van der Waals surface area contributed by atoms with Crippen LogP contribution in [0.4, 0.5) is 0 Å². The molecule has 0 bridgehead atoms. The predicted molar refractivity (Wildman–Crippen MR) is 78.7 cm³/mol. The van der Waals surface area contributed by atoms with E-state index in [0.717, 1.165) is 36.9 Å². The monoisotopic (exact) mass is 277 g/mol. The van der Waals surface area contributed by atoms with E-state index in [0.29, 0.717) is 6.54 Å². The van der Waals surface area contributed by atoms with Crippen molar-refractivity contribution in [2.75, 3.05) is 13.6 Å². The molecule has 2 N–H and O–H groups in total. The molecule has 20 heavy (non-hydrogen) atoms. The van der Waals surface area contributed by atoms with E-state index >= 15 is 0 Å². The second-order valence-electron chi connectivity index (χ2n) is 5.24. The van der Waals surface area contributed by atoms with Gasteiger partial charge in [0.05, 0.1) is 0 Å². The van der Waals surface area contributed by atoms with Crippen LogP contribution in [0, 0.1) is 0 Å². The van der Waals surface area contributed by atoms with E-state index in [1.165, 1.54) is 0 Å². The van der Waals surface area contributed by atoms with Crippen LogP contribution in [-0.4, -0.2) is 24.1 Å². The van der Waals surface area contributed by atoms with Gasteiger partial charge < -0.3 is 15.2 Å². The first-order chi connectivity index (χ1) is 9.67. The molecule has 0 radical (unpaired) electrons. The molecule has 1 aliphatic rings. The van der Waals surface area contributed by atoms with Gasteiger partial charge in [0.15, 0.2) is 0 Å². The highest BCUT2D eigenvalue weighted by atomic mass is 16.2. The fourth-order valence-electron chi connectivity index (χ4n) is 2.80. The summed E-state index contributed by atoms with van der Waals surface area (Å²) in [6.45, 7) is 2.79. The van der Waals surface area contributed by atoms with E-state index < -0.39 is 0 Å². The first-order valence-electron chi connectivity index (χ1n) is 7.34. The van der Waals surface area contributed by atoms with Crippen molar-refractivity contribution in [2.45, 2.75) is 45.2 Å². The maximum atomic E-state index is 12.1. The number of hydrogen-bond acceptors (Lipinski definition) is 3. The van der Waals surface area contributed by atoms with Gasteiger partial charge in [0, 0.05) is 24.3 Å². The van der Waals surface area contributed by atoms with Crippen LogP contribution < -0.4 is 16.2 Å². The lowest BCUT2D eigenvalue weighted by molar-refractivity contribution is -0.121. The number of pyridine rings is 1. The van der Waals surface area contributed by atoms with Crippen molar-refractivity contribution in [3.8, 4) is 0 Å². The SMILES string of the molecule is CCCNC(=O)Cn1c2c(ccc1=O)C(NC)CCC2. The number of hydrogen-bond donors (Lipinski definition) is 2. The van der Waals surface area contributed by atoms with Gasteiger partial charge in [0.2, 0.25) is 5.91 Å². The van der Waals surface area contributed by atoms with Gasteiger partial charge >= 0.3 is 0 Å². The first kappa shape index (κ1) is 14.8. The van der Waals surface area contributed by atoms with Gasteiger partial charge in [0.1, 0.15) is 6.54 Å². The molecule has 0 saturated carbocycles. The van der Waals surface area contributed by atoms with E-state index in [-0.39, 0.29) is 24.1 Å². The third-order valence-electron chi connectivity index (χ3n) is 3.83. The highest BCUT2D eigenvalue weighted by Gasteiger charge is 2.22. The van der Waals surface area contributed by atoms with Gasteiger partial charge in [-0.1, -0.05) is 13.0 Å². The lowest BCUT2D eigenvalue weighted by atomic mass is 9.91. The molecule has 0 saturated heterocycles. The Labute approximate surface area is 119 Å². The summed E-state index contributed by atoms with van der Waals surface area (Å²) in [4.78, 5) is 23.9. The highest BCUT2D eigenvalue weighted by molar-refractivity contribution is 5.75. The van der Waals surface area contributed by atoms with Gasteiger partial charge in [-0.2, -0.15) is 0 Å². The molecule has 110 valence electrons. The maximum Gasteiger partial charge on any atom is 0.251 e. The van der Waals surface area contributed by atoms with Crippen LogP contribution in [-0.2, 0) is 17.8 Å². The molecule has 1 aliphatic carbocycles. The zero-order chi connectivity index (χ0) is 14.5. The lowest BCUT2D eigenvalue weighted by Crippen LogP contribution is -2.36. The molecule has 1 atom stereocenters. The number of nitrogens with one attached hydrogen (secondary N) is 2. The Morgan fingerprint density at radius 1 is 1.45 bits per heavy atom. The van der Waals surface area contributed by atoms with E-state index in [1.807, 2.05) is 20.0 Å². The van der Waals surface area contributed by atoms with Gasteiger partial charge in [-0.3, -0.25) is 9.59 Å². The summed E-state index contributed by atoms with van der Waals surface area (Å²) in [5, 5.41) is 6.10. The molecule has 0 spiro atoms. The zero-order valence-electron chi connectivity index (χ0n) is 12.2. The van der Waals surface area contributed by atoms with Crippen LogP contribution >= 0.6 is 0 Å². The second-order valence-corrected chi connectivity index (χ2v) is 5.24. The Morgan fingerprint density at radius 2 is 2.25 bits per heavy atom. The Balaban J connectivity index is 2.28. The Bertz CT molecular complexity index is 536. The average molecular weight is 277 g/mol. The van der Waals surface area contributed by atoms with Gasteiger partial charge in [-0.05, 0) is 38.3 Å². The fraction of sp³-hybridized carbons (Fsp3) is 0.600. The van der Waals surface area contributed by atoms with Crippen LogP contribution in [0.1, 0.15) is 43.5 Å². The van der Waals surface area contributed by atoms with E-state index in [1.54, 1.807) is 10.6 Å². The number of nitrogens with zero attached hydrogens (tertiary/aromatic N) is 1. The summed E-state index contributed by atoms with van der Waals surface area (Å²) in [6.07, 6.45) is 3.88. The normalized spacial score (nSPS) is 17.6. The average Bonchev–Trinajstić information content (AvgIpc) is 2.47. The van der Waals surface area contributed by atoms with Gasteiger partial charge in [0.25, 0.3) is 5.56 Å². The van der Waals surface area contributed by atoms with Crippen LogP contribution in [0.5, 0.6) is 0 Å². The van der Waals surface area contributed by atoms with Crippen LogP contribution in [0.2, 0.25) is 0 Å². The lowest BCUT2D eigenvalue weighted by Gasteiger charge is -2.27. The third-order valence-corrected chi connectivity index (χ3v) is 3.83. The number of fused-ring (bicyclic) bond motifs is 1. The Hall–Kier alpha value is -1.62. The number of carbonyl (C=O) groups excluding carboxylic acids is 1. The van der Waals surface area contributed by atoms with Crippen molar-refractivity contribution in [3.63, 3.8) is 0 Å². The quantitative estimate of drug-likeness (QED) is 0.843. The summed E-state index contributed by atoms with van der Waals surface area (Å²) < 4.78 is 1.63. The summed E-state index contributed by atoms with van der Waals surface area (Å²) in [5.41, 5.74) is 2.07. The standard InChI is InChI=1S/C15H23N3O2/c1-3-9-17-14(19)10-18-13-6-4-5-12(16-2)11(13)7-8-15(18)20/h7-8,12,16H,3-6,9-10H2,1-2H3,(H,17,19). The molecule has 1 heterocycles. The van der Waals surface area contributed by atoms with Crippen LogP contribution in [0.3, 0.4) is 0 Å². The van der Waals surface area contributed by atoms with E-state index in [2.05, 4.69) is 10.6 Å². The second kappa shape index (κ2) is 6.70. The minimum absolute atomic E-state index is 0.0890. The fourth-order valence-corrected chi connectivity index (χ4v) is 2.80. The molecular weight excluding hydrogens is 254 g/mol. The predicted octanol–water partition coefficient (Wildman–Crippen LogP) is 0.971. The third kappa shape index (κ3) is 3.10. The number of amides is 1. The van der Waals surface area contributed by atoms with Crippen molar-refractivity contribution in [1.82, 2.24) is 15.2 Å². The minimum atomic E-state index is -0.0906. The summed E-state index contributed by atoms with van der Waals surface area (Å²) >= 11 is 0. The van der Waals surface area contributed by atoms with Crippen LogP contribution in [0.15, 0.2) is 16.9 Å². The molecule has 1 aromatic rings. The van der Waals surface area contributed by atoms with Crippen molar-refractivity contribution in [2.24, 2.45) is 0 Å². The highest BCUT2D eigenvalue weighted by Crippen LogP contribution is 2.28. The maximum absolute atomic E-state index is 12.1. The van der Waals surface area contributed by atoms with E-state index in [9.17, 15) is 9.59 Å². The zero-order valence-corrected chi connectivity index (χ0v) is 12.2. The molecule has 0 aromatic carbocycles. The number of aromatic nitrogens is 1. The molecule has 5 heteroatoms. The summed E-state index contributed by atoms with van der Waals surface area (Å²) in [6, 6.07) is 3.75. The molecule has 0 fully saturated rings. The van der Waals surface area contributed by atoms with Gasteiger partial charge in [-0.25, -0.2) is 0 Å². The molecule has 0 aliphatic heterocycles. The Kier molecular flexibility index (Phi) is 4.95. The topological polar surface area (TPSA) is 63.1 Å². The Morgan fingerprint density at radius 3 is 2.95 bits per heavy atom. The van der Waals surface area contributed by atoms with Crippen molar-refractivity contribution >= 4 is 5.91 Å². The molecule has 2 rings (SSSR count). The molecule has 1 aromatic heterocycles. The van der Waals surface area contributed by atoms with Crippen molar-refractivity contribution < 1.29 is 4.79 Å². The minimum Gasteiger partial charge on any atom is -0.355 e. The largest absolute Gasteiger partial charge is 0.355 e. The smallest absolute Gasteiger partial charge is 0.251 e. The molecule has 1 unspecified atom stereocenters. The molecular formula is C15H23N3O2. The van der Waals surface area contributed by atoms with Crippen molar-refractivity contribution in [3.05, 3.63) is 33.7 Å². The summed E-state index contributed by atoms with van der Waals surface area (Å²) in [5.74, 6) is -0.0890. The first-order valence-corrected chi connectivity index (χ1v) is 7.34. The number of rotatable bonds is 5. The molecule has 1 amide bonds. The van der Waals surface area contributed by atoms with E-state index in [4.69, 9.17) is 0 Å². The van der Waals surface area contributed by atoms with Gasteiger partial charge in [-0.15, -0.1) is 0 Å². The van der Waals surface area contributed by atoms with Crippen LogP contribution in [0.25, 0.3) is 0 Å². The van der Waals surface area contributed by atoms with Crippen molar-refractivity contribution in [1.29, 1.82) is 0 Å². The summed E-state index contributed by atoms with van der Waals surface area (Å²) in [7, 11) is 1.93.